The monoisotopic (exact) mass is 282 g/mol. The number of ether oxygens (including phenoxy) is 1. The Morgan fingerprint density at radius 2 is 2.05 bits per heavy atom. The molecule has 6 heteroatoms. The molecule has 2 heterocycles. The van der Waals surface area contributed by atoms with Crippen molar-refractivity contribution < 1.29 is 19.2 Å². The van der Waals surface area contributed by atoms with E-state index in [-0.39, 0.29) is 12.3 Å². The maximum absolute atomic E-state index is 12.2. The molecule has 0 atom stereocenters. The molecule has 1 aromatic rings. The molecule has 0 unspecified atom stereocenters. The largest absolute Gasteiger partial charge is 0.388 e. The van der Waals surface area contributed by atoms with Crippen LogP contribution in [-0.4, -0.2) is 53.5 Å². The zero-order chi connectivity index (χ0) is 14.8. The third-order valence-electron chi connectivity index (χ3n) is 3.89. The van der Waals surface area contributed by atoms with Crippen molar-refractivity contribution in [1.82, 2.24) is 10.1 Å². The van der Waals surface area contributed by atoms with Crippen LogP contribution in [0.2, 0.25) is 0 Å². The Morgan fingerprint density at radius 1 is 1.40 bits per heavy atom. The van der Waals surface area contributed by atoms with Crippen LogP contribution in [0.5, 0.6) is 0 Å². The maximum Gasteiger partial charge on any atom is 0.227 e. The van der Waals surface area contributed by atoms with Gasteiger partial charge in [-0.1, -0.05) is 5.16 Å². The van der Waals surface area contributed by atoms with E-state index in [1.54, 1.807) is 18.9 Å². The molecule has 0 aliphatic carbocycles. The number of aliphatic hydroxyl groups is 1. The molecule has 1 N–H and O–H groups in total. The fraction of sp³-hybridized carbons (Fsp3) is 0.714. The Labute approximate surface area is 118 Å². The highest BCUT2D eigenvalue weighted by molar-refractivity contribution is 5.79. The molecular weight excluding hydrogens is 260 g/mol. The number of rotatable bonds is 4. The fourth-order valence-corrected chi connectivity index (χ4v) is 2.48. The molecule has 1 aromatic heterocycles. The van der Waals surface area contributed by atoms with Gasteiger partial charge in [-0.15, -0.1) is 0 Å². The first-order valence-electron chi connectivity index (χ1n) is 6.87. The van der Waals surface area contributed by atoms with Gasteiger partial charge in [0.05, 0.1) is 17.7 Å². The first-order valence-corrected chi connectivity index (χ1v) is 6.87. The van der Waals surface area contributed by atoms with Crippen LogP contribution in [-0.2, 0) is 16.0 Å². The fourth-order valence-electron chi connectivity index (χ4n) is 2.48. The lowest BCUT2D eigenvalue weighted by atomic mass is 9.93. The maximum atomic E-state index is 12.2. The molecule has 0 spiro atoms. The average molecular weight is 282 g/mol. The normalized spacial score (nSPS) is 18.0. The van der Waals surface area contributed by atoms with Gasteiger partial charge in [0.25, 0.3) is 0 Å². The lowest BCUT2D eigenvalue weighted by molar-refractivity contribution is -0.136. The van der Waals surface area contributed by atoms with Gasteiger partial charge in [-0.3, -0.25) is 4.79 Å². The van der Waals surface area contributed by atoms with E-state index in [9.17, 15) is 9.90 Å². The quantitative estimate of drug-likeness (QED) is 0.885. The third kappa shape index (κ3) is 3.37. The molecular formula is C14H22N2O4. The molecule has 6 nitrogen and oxygen atoms in total. The van der Waals surface area contributed by atoms with Crippen molar-refractivity contribution in [3.63, 3.8) is 0 Å². The molecule has 0 radical (unpaired) electrons. The van der Waals surface area contributed by atoms with Crippen LogP contribution in [0.4, 0.5) is 0 Å². The minimum Gasteiger partial charge on any atom is -0.388 e. The van der Waals surface area contributed by atoms with E-state index in [1.165, 1.54) is 0 Å². The summed E-state index contributed by atoms with van der Waals surface area (Å²) in [5, 5.41) is 14.3. The summed E-state index contributed by atoms with van der Waals surface area (Å²) in [5.41, 5.74) is 0.747. The number of likely N-dealkylation sites (N-methyl/N-ethyl adjacent to an activating group) is 1. The second-order valence-corrected chi connectivity index (χ2v) is 5.57. The van der Waals surface area contributed by atoms with Crippen molar-refractivity contribution in [2.45, 2.75) is 38.7 Å². The zero-order valence-corrected chi connectivity index (χ0v) is 12.3. The van der Waals surface area contributed by atoms with Crippen LogP contribution in [0.1, 0.15) is 29.9 Å². The summed E-state index contributed by atoms with van der Waals surface area (Å²) >= 11 is 0. The van der Waals surface area contributed by atoms with Crippen LogP contribution < -0.4 is 0 Å². The molecule has 0 aromatic carbocycles. The number of aryl methyl sites for hydroxylation is 2. The number of carbonyl (C=O) groups is 1. The van der Waals surface area contributed by atoms with E-state index in [1.807, 2.05) is 6.92 Å². The van der Waals surface area contributed by atoms with E-state index < -0.39 is 5.60 Å². The van der Waals surface area contributed by atoms with E-state index in [4.69, 9.17) is 9.26 Å². The summed E-state index contributed by atoms with van der Waals surface area (Å²) in [5.74, 6) is 0.633. The molecule has 0 saturated carbocycles. The average Bonchev–Trinajstić information content (AvgIpc) is 2.70. The van der Waals surface area contributed by atoms with Crippen LogP contribution in [0.15, 0.2) is 4.52 Å². The minimum atomic E-state index is -0.832. The molecule has 1 aliphatic rings. The van der Waals surface area contributed by atoms with Gasteiger partial charge in [-0.05, 0) is 13.8 Å². The van der Waals surface area contributed by atoms with Gasteiger partial charge >= 0.3 is 0 Å². The molecule has 1 saturated heterocycles. The van der Waals surface area contributed by atoms with Gasteiger partial charge in [0, 0.05) is 45.2 Å². The summed E-state index contributed by atoms with van der Waals surface area (Å²) in [6, 6.07) is 0. The predicted molar refractivity (Wildman–Crippen MR) is 72.3 cm³/mol. The molecule has 0 bridgehead atoms. The summed E-state index contributed by atoms with van der Waals surface area (Å²) < 4.78 is 10.3. The van der Waals surface area contributed by atoms with Gasteiger partial charge in [0.15, 0.2) is 0 Å². The second-order valence-electron chi connectivity index (χ2n) is 5.57. The number of amides is 1. The van der Waals surface area contributed by atoms with Crippen LogP contribution in [0.25, 0.3) is 0 Å². The predicted octanol–water partition coefficient (Wildman–Crippen LogP) is 0.834. The number of nitrogens with zero attached hydrogens (tertiary/aromatic N) is 2. The number of aromatic nitrogens is 1. The first kappa shape index (κ1) is 15.0. The van der Waals surface area contributed by atoms with Crippen molar-refractivity contribution in [1.29, 1.82) is 0 Å². The smallest absolute Gasteiger partial charge is 0.227 e. The Balaban J connectivity index is 1.95. The summed E-state index contributed by atoms with van der Waals surface area (Å²) in [7, 11) is 1.72. The lowest BCUT2D eigenvalue weighted by Crippen LogP contribution is -2.47. The Kier molecular flexibility index (Phi) is 4.45. The summed E-state index contributed by atoms with van der Waals surface area (Å²) in [6.07, 6.45) is 1.39. The Bertz CT molecular complexity index is 458. The van der Waals surface area contributed by atoms with Gasteiger partial charge in [0.1, 0.15) is 5.76 Å². The van der Waals surface area contributed by atoms with Gasteiger partial charge in [-0.2, -0.15) is 0 Å². The van der Waals surface area contributed by atoms with Crippen molar-refractivity contribution in [2.75, 3.05) is 26.8 Å². The molecule has 1 aliphatic heterocycles. The van der Waals surface area contributed by atoms with Crippen molar-refractivity contribution >= 4 is 5.91 Å². The SMILES string of the molecule is Cc1noc(C)c1CC(=O)N(C)CC1(O)CCOCC1. The van der Waals surface area contributed by atoms with Crippen molar-refractivity contribution in [2.24, 2.45) is 0 Å². The van der Waals surface area contributed by atoms with E-state index in [2.05, 4.69) is 5.16 Å². The van der Waals surface area contributed by atoms with Gasteiger partial charge < -0.3 is 19.3 Å². The Morgan fingerprint density at radius 3 is 2.60 bits per heavy atom. The highest BCUT2D eigenvalue weighted by Crippen LogP contribution is 2.22. The van der Waals surface area contributed by atoms with Gasteiger partial charge in [-0.25, -0.2) is 0 Å². The van der Waals surface area contributed by atoms with Crippen LogP contribution in [0.3, 0.4) is 0 Å². The molecule has 20 heavy (non-hydrogen) atoms. The highest BCUT2D eigenvalue weighted by atomic mass is 16.5. The summed E-state index contributed by atoms with van der Waals surface area (Å²) in [6.45, 7) is 5.04. The molecule has 1 fully saturated rings. The number of hydrogen-bond donors (Lipinski definition) is 1. The second kappa shape index (κ2) is 5.93. The Hall–Kier alpha value is -1.40. The van der Waals surface area contributed by atoms with Crippen LogP contribution in [0, 0.1) is 13.8 Å². The standard InChI is InChI=1S/C14H22N2O4/c1-10-12(11(2)20-15-10)8-13(17)16(3)9-14(18)4-6-19-7-5-14/h18H,4-9H2,1-3H3. The van der Waals surface area contributed by atoms with Crippen molar-refractivity contribution in [3.8, 4) is 0 Å². The minimum absolute atomic E-state index is 0.0423. The first-order chi connectivity index (χ1) is 9.41. The number of carbonyl (C=O) groups excluding carboxylic acids is 1. The van der Waals surface area contributed by atoms with Crippen molar-refractivity contribution in [3.05, 3.63) is 17.0 Å². The van der Waals surface area contributed by atoms with E-state index in [0.717, 1.165) is 11.3 Å². The summed E-state index contributed by atoms with van der Waals surface area (Å²) in [4.78, 5) is 13.8. The van der Waals surface area contributed by atoms with E-state index in [0.29, 0.717) is 38.4 Å². The van der Waals surface area contributed by atoms with E-state index >= 15 is 0 Å². The topological polar surface area (TPSA) is 75.8 Å². The third-order valence-corrected chi connectivity index (χ3v) is 3.89. The molecule has 2 rings (SSSR count). The zero-order valence-electron chi connectivity index (χ0n) is 12.3. The molecule has 112 valence electrons. The molecule has 1 amide bonds. The van der Waals surface area contributed by atoms with Gasteiger partial charge in [0.2, 0.25) is 5.91 Å². The number of hydrogen-bond acceptors (Lipinski definition) is 5. The lowest BCUT2D eigenvalue weighted by Gasteiger charge is -2.35. The highest BCUT2D eigenvalue weighted by Gasteiger charge is 2.32. The van der Waals surface area contributed by atoms with Crippen LogP contribution >= 0.6 is 0 Å².